The van der Waals surface area contributed by atoms with Gasteiger partial charge in [0.25, 0.3) is 0 Å². The van der Waals surface area contributed by atoms with Gasteiger partial charge in [-0.2, -0.15) is 0 Å². The van der Waals surface area contributed by atoms with Crippen LogP contribution in [0.25, 0.3) is 0 Å². The summed E-state index contributed by atoms with van der Waals surface area (Å²) < 4.78 is 0. The van der Waals surface area contributed by atoms with E-state index in [-0.39, 0.29) is 18.4 Å². The number of unbranched alkanes of at least 4 members (excludes halogenated alkanes) is 13. The van der Waals surface area contributed by atoms with Crippen LogP contribution < -0.4 is 0 Å². The third kappa shape index (κ3) is 18.0. The summed E-state index contributed by atoms with van der Waals surface area (Å²) in [6.45, 7) is 6.44. The first kappa shape index (κ1) is 30.4. The maximum atomic E-state index is 12.6. The molecule has 0 heterocycles. The molecule has 0 aromatic rings. The molecule has 0 aromatic carbocycles. The minimum absolute atomic E-state index is 0.00952. The van der Waals surface area contributed by atoms with Gasteiger partial charge in [-0.3, -0.25) is 14.4 Å². The van der Waals surface area contributed by atoms with Gasteiger partial charge in [0.05, 0.1) is 6.42 Å². The normalized spacial score (nSPS) is 12.1. The van der Waals surface area contributed by atoms with Crippen LogP contribution in [0.2, 0.25) is 0 Å². The van der Waals surface area contributed by atoms with Crippen molar-refractivity contribution in [1.29, 1.82) is 0 Å². The highest BCUT2D eigenvalue weighted by Gasteiger charge is 2.22. The van der Waals surface area contributed by atoms with Crippen LogP contribution in [0.1, 0.15) is 130 Å². The highest BCUT2D eigenvalue weighted by atomic mass is 16.4. The molecule has 188 valence electrons. The summed E-state index contributed by atoms with van der Waals surface area (Å²) in [5.74, 6) is -1.13. The average Bonchev–Trinajstić information content (AvgIpc) is 2.72. The van der Waals surface area contributed by atoms with Crippen molar-refractivity contribution in [2.75, 3.05) is 6.54 Å². The smallest absolute Gasteiger partial charge is 0.305 e. The lowest BCUT2D eigenvalue weighted by Gasteiger charge is -2.31. The van der Waals surface area contributed by atoms with Crippen LogP contribution in [-0.4, -0.2) is 45.5 Å². The first-order valence-corrected chi connectivity index (χ1v) is 13.0. The number of carbonyl (C=O) groups is 3. The number of carboxylic acids is 2. The lowest BCUT2D eigenvalue weighted by atomic mass is 10.0. The molecule has 0 rings (SSSR count). The lowest BCUT2D eigenvalue weighted by Crippen LogP contribution is -2.42. The molecule has 1 unspecified atom stereocenters. The first-order chi connectivity index (χ1) is 15.3. The van der Waals surface area contributed by atoms with Crippen LogP contribution in [0.3, 0.4) is 0 Å². The maximum absolute atomic E-state index is 12.6. The largest absolute Gasteiger partial charge is 0.481 e. The van der Waals surface area contributed by atoms with Gasteiger partial charge in [0.15, 0.2) is 0 Å². The molecular formula is C26H49NO5. The molecule has 0 radical (unpaired) electrons. The molecule has 1 atom stereocenters. The fourth-order valence-electron chi connectivity index (χ4n) is 3.95. The number of aliphatic carboxylic acids is 2. The maximum Gasteiger partial charge on any atom is 0.305 e. The van der Waals surface area contributed by atoms with E-state index in [1.54, 1.807) is 4.90 Å². The van der Waals surface area contributed by atoms with Gasteiger partial charge in [-0.1, -0.05) is 90.9 Å². The van der Waals surface area contributed by atoms with E-state index in [4.69, 9.17) is 10.2 Å². The molecule has 32 heavy (non-hydrogen) atoms. The number of hydrogen-bond acceptors (Lipinski definition) is 3. The minimum atomic E-state index is -0.855. The van der Waals surface area contributed by atoms with Crippen LogP contribution in [-0.2, 0) is 14.4 Å². The Balaban J connectivity index is 3.62. The van der Waals surface area contributed by atoms with E-state index >= 15 is 0 Å². The molecule has 6 nitrogen and oxygen atoms in total. The third-order valence-electron chi connectivity index (χ3n) is 6.37. The molecule has 0 aliphatic carbocycles. The Bertz CT molecular complexity index is 506. The second-order valence-electron chi connectivity index (χ2n) is 9.56. The number of hydrogen-bond donors (Lipinski definition) is 2. The van der Waals surface area contributed by atoms with Crippen LogP contribution in [0.4, 0.5) is 0 Å². The van der Waals surface area contributed by atoms with Crippen molar-refractivity contribution in [3.63, 3.8) is 0 Å². The Kier molecular flexibility index (Phi) is 19.1. The van der Waals surface area contributed by atoms with Crippen LogP contribution in [0, 0.1) is 5.92 Å². The molecule has 0 aromatic heterocycles. The van der Waals surface area contributed by atoms with Gasteiger partial charge in [0.1, 0.15) is 0 Å². The predicted octanol–water partition coefficient (Wildman–Crippen LogP) is 6.66. The van der Waals surface area contributed by atoms with E-state index < -0.39 is 11.9 Å². The van der Waals surface area contributed by atoms with Crippen molar-refractivity contribution in [2.24, 2.45) is 5.92 Å². The highest BCUT2D eigenvalue weighted by Crippen LogP contribution is 2.16. The van der Waals surface area contributed by atoms with Crippen LogP contribution in [0.15, 0.2) is 0 Å². The van der Waals surface area contributed by atoms with Crippen molar-refractivity contribution < 1.29 is 24.6 Å². The van der Waals surface area contributed by atoms with Crippen molar-refractivity contribution in [3.8, 4) is 0 Å². The van der Waals surface area contributed by atoms with Gasteiger partial charge in [0.2, 0.25) is 5.91 Å². The summed E-state index contributed by atoms with van der Waals surface area (Å²) in [6, 6.07) is 0.0683. The molecule has 0 fully saturated rings. The lowest BCUT2D eigenvalue weighted by molar-refractivity contribution is -0.140. The Morgan fingerprint density at radius 1 is 0.562 bits per heavy atom. The van der Waals surface area contributed by atoms with Crippen molar-refractivity contribution in [3.05, 3.63) is 0 Å². The van der Waals surface area contributed by atoms with Gasteiger partial charge in [-0.25, -0.2) is 0 Å². The molecule has 1 amide bonds. The number of carbonyl (C=O) groups excluding carboxylic acids is 1. The fraction of sp³-hybridized carbons (Fsp3) is 0.885. The fourth-order valence-corrected chi connectivity index (χ4v) is 3.95. The number of carboxylic acid groups (broad SMARTS) is 2. The molecule has 0 aliphatic rings. The second kappa shape index (κ2) is 20.0. The molecule has 2 N–H and O–H groups in total. The zero-order chi connectivity index (χ0) is 24.2. The molecule has 0 spiro atoms. The Labute approximate surface area is 196 Å². The molecule has 0 saturated heterocycles. The summed E-state index contributed by atoms with van der Waals surface area (Å²) in [4.78, 5) is 35.7. The molecule has 6 heteroatoms. The van der Waals surface area contributed by atoms with E-state index in [0.29, 0.717) is 25.3 Å². The summed E-state index contributed by atoms with van der Waals surface area (Å²) in [5, 5.41) is 17.5. The summed E-state index contributed by atoms with van der Waals surface area (Å²) >= 11 is 0. The standard InChI is InChI=1S/C26H49NO5/c1-22(2)23(3)27(21-20-26(31)32)24(28)18-16-14-12-10-8-6-4-5-7-9-11-13-15-17-19-25(29)30/h22-23H,4-21H2,1-3H3,(H,29,30)(H,31,32). The molecule has 0 aliphatic heterocycles. The predicted molar refractivity (Wildman–Crippen MR) is 130 cm³/mol. The summed E-state index contributed by atoms with van der Waals surface area (Å²) in [5.41, 5.74) is 0. The number of amides is 1. The quantitative estimate of drug-likeness (QED) is 0.178. The van der Waals surface area contributed by atoms with Crippen molar-refractivity contribution in [2.45, 2.75) is 136 Å². The van der Waals surface area contributed by atoms with Gasteiger partial charge in [-0.05, 0) is 25.7 Å². The molecule has 0 saturated carbocycles. The number of rotatable bonds is 22. The third-order valence-corrected chi connectivity index (χ3v) is 6.37. The minimum Gasteiger partial charge on any atom is -0.481 e. The average molecular weight is 456 g/mol. The van der Waals surface area contributed by atoms with E-state index in [1.165, 1.54) is 57.8 Å². The van der Waals surface area contributed by atoms with Gasteiger partial charge >= 0.3 is 11.9 Å². The monoisotopic (exact) mass is 455 g/mol. The van der Waals surface area contributed by atoms with Crippen LogP contribution >= 0.6 is 0 Å². The summed E-state index contributed by atoms with van der Waals surface area (Å²) in [6.07, 6.45) is 17.1. The van der Waals surface area contributed by atoms with Gasteiger partial charge < -0.3 is 15.1 Å². The molecular weight excluding hydrogens is 406 g/mol. The van der Waals surface area contributed by atoms with E-state index in [0.717, 1.165) is 32.1 Å². The van der Waals surface area contributed by atoms with Crippen LogP contribution in [0.5, 0.6) is 0 Å². The zero-order valence-electron chi connectivity index (χ0n) is 20.9. The number of nitrogens with zero attached hydrogens (tertiary/aromatic N) is 1. The van der Waals surface area contributed by atoms with E-state index in [9.17, 15) is 14.4 Å². The Morgan fingerprint density at radius 3 is 1.25 bits per heavy atom. The first-order valence-electron chi connectivity index (χ1n) is 13.0. The second-order valence-corrected chi connectivity index (χ2v) is 9.56. The Hall–Kier alpha value is -1.59. The van der Waals surface area contributed by atoms with Crippen molar-refractivity contribution >= 4 is 17.8 Å². The van der Waals surface area contributed by atoms with Gasteiger partial charge in [-0.15, -0.1) is 0 Å². The Morgan fingerprint density at radius 2 is 0.906 bits per heavy atom. The molecule has 0 bridgehead atoms. The van der Waals surface area contributed by atoms with E-state index in [2.05, 4.69) is 13.8 Å². The van der Waals surface area contributed by atoms with E-state index in [1.807, 2.05) is 6.92 Å². The zero-order valence-corrected chi connectivity index (χ0v) is 20.9. The topological polar surface area (TPSA) is 94.9 Å². The van der Waals surface area contributed by atoms with Crippen molar-refractivity contribution in [1.82, 2.24) is 4.90 Å². The highest BCUT2D eigenvalue weighted by molar-refractivity contribution is 5.77. The van der Waals surface area contributed by atoms with Gasteiger partial charge in [0, 0.05) is 25.4 Å². The summed E-state index contributed by atoms with van der Waals surface area (Å²) in [7, 11) is 0. The SMILES string of the molecule is CC(C)C(C)N(CCC(=O)O)C(=O)CCCCCCCCCCCCCCCCC(=O)O.